The first kappa shape index (κ1) is 21.2. The molecule has 7 nitrogen and oxygen atoms in total. The first-order valence-corrected chi connectivity index (χ1v) is 11.2. The van der Waals surface area contributed by atoms with Crippen molar-refractivity contribution in [1.82, 2.24) is 20.3 Å². The topological polar surface area (TPSA) is 70.6 Å². The summed E-state index contributed by atoms with van der Waals surface area (Å²) in [4.78, 5) is 23.1. The Hall–Kier alpha value is -3.71. The second-order valence-corrected chi connectivity index (χ2v) is 8.40. The number of fused-ring (bicyclic) bond motifs is 1. The Morgan fingerprint density at radius 3 is 2.64 bits per heavy atom. The van der Waals surface area contributed by atoms with Crippen LogP contribution in [0, 0.1) is 6.92 Å². The third-order valence-corrected chi connectivity index (χ3v) is 6.29. The molecule has 2 atom stereocenters. The molecule has 2 unspecified atom stereocenters. The van der Waals surface area contributed by atoms with Gasteiger partial charge in [0.15, 0.2) is 5.82 Å². The number of aromatic nitrogens is 2. The highest BCUT2D eigenvalue weighted by Gasteiger charge is 2.38. The van der Waals surface area contributed by atoms with E-state index in [0.717, 1.165) is 53.5 Å². The van der Waals surface area contributed by atoms with Crippen molar-refractivity contribution in [3.8, 4) is 11.5 Å². The van der Waals surface area contributed by atoms with Crippen molar-refractivity contribution in [3.63, 3.8) is 0 Å². The molecule has 3 heterocycles. The van der Waals surface area contributed by atoms with Crippen molar-refractivity contribution in [3.05, 3.63) is 90.4 Å². The summed E-state index contributed by atoms with van der Waals surface area (Å²) in [5.74, 6) is 2.45. The first-order chi connectivity index (χ1) is 16.1. The predicted octanol–water partition coefficient (Wildman–Crippen LogP) is 4.17. The number of benzene rings is 2. The van der Waals surface area contributed by atoms with E-state index in [1.807, 2.05) is 54.3 Å². The van der Waals surface area contributed by atoms with Crippen LogP contribution in [0.4, 0.5) is 5.82 Å². The number of carbonyl (C=O) groups is 1. The Morgan fingerprint density at radius 2 is 1.88 bits per heavy atom. The third kappa shape index (κ3) is 4.19. The number of carbonyl (C=O) groups excluding carboxylic acids is 1. The number of ether oxygens (including phenoxy) is 1. The largest absolute Gasteiger partial charge is 0.457 e. The predicted molar refractivity (Wildman–Crippen MR) is 127 cm³/mol. The highest BCUT2D eigenvalue weighted by Crippen LogP contribution is 2.39. The van der Waals surface area contributed by atoms with Gasteiger partial charge < -0.3 is 9.64 Å². The summed E-state index contributed by atoms with van der Waals surface area (Å²) in [7, 11) is 0. The molecular weight excluding hydrogens is 414 g/mol. The number of nitrogens with one attached hydrogen (secondary N) is 1. The number of aryl methyl sites for hydroxylation is 1. The average molecular weight is 442 g/mol. The van der Waals surface area contributed by atoms with E-state index in [-0.39, 0.29) is 18.0 Å². The van der Waals surface area contributed by atoms with Gasteiger partial charge in [-0.3, -0.25) is 9.80 Å². The van der Waals surface area contributed by atoms with Gasteiger partial charge in [0, 0.05) is 24.3 Å². The number of hydrogen-bond donors (Lipinski definition) is 1. The number of para-hydroxylation sites is 1. The molecular formula is C26H27N5O2. The van der Waals surface area contributed by atoms with E-state index in [1.165, 1.54) is 6.08 Å². The fourth-order valence-corrected chi connectivity index (χ4v) is 4.63. The van der Waals surface area contributed by atoms with Crippen molar-refractivity contribution >= 4 is 11.7 Å². The van der Waals surface area contributed by atoms with Crippen LogP contribution in [0.2, 0.25) is 0 Å². The van der Waals surface area contributed by atoms with Gasteiger partial charge in [0.25, 0.3) is 0 Å². The lowest BCUT2D eigenvalue weighted by Gasteiger charge is -2.38. The molecule has 168 valence electrons. The smallest absolute Gasteiger partial charge is 0.246 e. The molecule has 2 aromatic carbocycles. The van der Waals surface area contributed by atoms with E-state index in [1.54, 1.807) is 6.33 Å². The minimum absolute atomic E-state index is 0.0245. The second kappa shape index (κ2) is 9.03. The Bertz CT molecular complexity index is 1150. The monoisotopic (exact) mass is 441 g/mol. The van der Waals surface area contributed by atoms with Gasteiger partial charge >= 0.3 is 0 Å². The van der Waals surface area contributed by atoms with E-state index in [4.69, 9.17) is 4.74 Å². The van der Waals surface area contributed by atoms with Crippen LogP contribution in [0.25, 0.3) is 0 Å². The molecule has 0 saturated carbocycles. The van der Waals surface area contributed by atoms with Gasteiger partial charge in [-0.1, -0.05) is 36.9 Å². The first-order valence-electron chi connectivity index (χ1n) is 11.2. The molecule has 1 saturated heterocycles. The van der Waals surface area contributed by atoms with Gasteiger partial charge in [-0.15, -0.1) is 0 Å². The van der Waals surface area contributed by atoms with Crippen molar-refractivity contribution in [2.75, 3.05) is 18.1 Å². The molecule has 3 aromatic rings. The van der Waals surface area contributed by atoms with Crippen LogP contribution in [0.3, 0.4) is 0 Å². The van der Waals surface area contributed by atoms with Gasteiger partial charge in [0.05, 0.1) is 12.1 Å². The van der Waals surface area contributed by atoms with Gasteiger partial charge in [-0.05, 0) is 55.7 Å². The van der Waals surface area contributed by atoms with E-state index < -0.39 is 0 Å². The number of hydrogen-bond acceptors (Lipinski definition) is 6. The lowest BCUT2D eigenvalue weighted by atomic mass is 9.99. The van der Waals surface area contributed by atoms with Crippen molar-refractivity contribution in [2.45, 2.75) is 31.8 Å². The number of amides is 1. The van der Waals surface area contributed by atoms with Crippen molar-refractivity contribution < 1.29 is 9.53 Å². The molecule has 0 spiro atoms. The molecule has 1 fully saturated rings. The van der Waals surface area contributed by atoms with Gasteiger partial charge in [0.2, 0.25) is 5.91 Å². The summed E-state index contributed by atoms with van der Waals surface area (Å²) in [6, 6.07) is 17.9. The standard InChI is InChI=1S/C26H27N5O2/c1-3-23(32)30-15-7-8-20(16-30)31-26-24(18(2)27-17-28-26)25(29-31)19-11-13-22(14-12-19)33-21-9-5-4-6-10-21/h3-6,9-14,17,20,25,29H,1,7-8,15-16H2,2H3. The maximum atomic E-state index is 12.2. The van der Waals surface area contributed by atoms with Crippen LogP contribution in [0.1, 0.15) is 35.7 Å². The third-order valence-electron chi connectivity index (χ3n) is 6.29. The maximum Gasteiger partial charge on any atom is 0.246 e. The van der Waals surface area contributed by atoms with Crippen LogP contribution in [0.15, 0.2) is 73.6 Å². The second-order valence-electron chi connectivity index (χ2n) is 8.40. The number of likely N-dealkylation sites (tertiary alicyclic amines) is 1. The molecule has 5 rings (SSSR count). The zero-order chi connectivity index (χ0) is 22.8. The summed E-state index contributed by atoms with van der Waals surface area (Å²) in [5.41, 5.74) is 6.77. The zero-order valence-corrected chi connectivity index (χ0v) is 18.6. The molecule has 1 amide bonds. The van der Waals surface area contributed by atoms with Crippen molar-refractivity contribution in [1.29, 1.82) is 0 Å². The highest BCUT2D eigenvalue weighted by atomic mass is 16.5. The molecule has 0 radical (unpaired) electrons. The summed E-state index contributed by atoms with van der Waals surface area (Å²) in [5, 5.41) is 2.13. The van der Waals surface area contributed by atoms with Crippen LogP contribution in [-0.4, -0.2) is 39.9 Å². The Morgan fingerprint density at radius 1 is 1.12 bits per heavy atom. The highest BCUT2D eigenvalue weighted by molar-refractivity contribution is 5.87. The summed E-state index contributed by atoms with van der Waals surface area (Å²) >= 11 is 0. The number of anilines is 1. The molecule has 1 N–H and O–H groups in total. The quantitative estimate of drug-likeness (QED) is 0.600. The van der Waals surface area contributed by atoms with Crippen LogP contribution >= 0.6 is 0 Å². The maximum absolute atomic E-state index is 12.2. The lowest BCUT2D eigenvalue weighted by molar-refractivity contribution is -0.127. The minimum atomic E-state index is -0.0718. The number of rotatable bonds is 5. The average Bonchev–Trinajstić information content (AvgIpc) is 3.26. The number of nitrogens with zero attached hydrogens (tertiary/aromatic N) is 4. The fraction of sp³-hybridized carbons (Fsp3) is 0.269. The zero-order valence-electron chi connectivity index (χ0n) is 18.6. The SMILES string of the molecule is C=CC(=O)N1CCCC(N2NC(c3ccc(Oc4ccccc4)cc3)c3c(C)ncnc32)C1. The van der Waals surface area contributed by atoms with E-state index in [9.17, 15) is 4.79 Å². The molecule has 2 aliphatic heterocycles. The van der Waals surface area contributed by atoms with E-state index >= 15 is 0 Å². The number of hydrazine groups is 1. The Labute approximate surface area is 193 Å². The molecule has 0 aliphatic carbocycles. The van der Waals surface area contributed by atoms with Crippen LogP contribution in [-0.2, 0) is 4.79 Å². The van der Waals surface area contributed by atoms with E-state index in [0.29, 0.717) is 6.54 Å². The molecule has 7 heteroatoms. The number of piperidine rings is 1. The van der Waals surface area contributed by atoms with E-state index in [2.05, 4.69) is 39.1 Å². The normalized spacial score (nSPS) is 19.8. The Kier molecular flexibility index (Phi) is 5.79. The van der Waals surface area contributed by atoms with Crippen molar-refractivity contribution in [2.24, 2.45) is 0 Å². The molecule has 2 aliphatic rings. The fourth-order valence-electron chi connectivity index (χ4n) is 4.63. The Balaban J connectivity index is 1.40. The summed E-state index contributed by atoms with van der Waals surface area (Å²) in [6.45, 7) is 7.05. The summed E-state index contributed by atoms with van der Waals surface area (Å²) < 4.78 is 5.95. The van der Waals surface area contributed by atoms with Crippen LogP contribution in [0.5, 0.6) is 11.5 Å². The minimum Gasteiger partial charge on any atom is -0.457 e. The van der Waals surface area contributed by atoms with Gasteiger partial charge in [0.1, 0.15) is 17.8 Å². The molecule has 0 bridgehead atoms. The summed E-state index contributed by atoms with van der Waals surface area (Å²) in [6.07, 6.45) is 4.92. The lowest BCUT2D eigenvalue weighted by Crippen LogP contribution is -2.53. The molecule has 1 aromatic heterocycles. The van der Waals surface area contributed by atoms with Gasteiger partial charge in [-0.25, -0.2) is 15.4 Å². The molecule has 33 heavy (non-hydrogen) atoms. The van der Waals surface area contributed by atoms with Gasteiger partial charge in [-0.2, -0.15) is 0 Å². The van der Waals surface area contributed by atoms with Crippen LogP contribution < -0.4 is 15.2 Å².